The van der Waals surface area contributed by atoms with Crippen LogP contribution in [0.3, 0.4) is 0 Å². The molecule has 0 N–H and O–H groups in total. The van der Waals surface area contributed by atoms with Gasteiger partial charge in [-0.1, -0.05) is 24.3 Å². The lowest BCUT2D eigenvalue weighted by molar-refractivity contribution is 0.0940. The summed E-state index contributed by atoms with van der Waals surface area (Å²) in [6.07, 6.45) is 8.31. The van der Waals surface area contributed by atoms with Crippen LogP contribution in [-0.4, -0.2) is 27.5 Å². The van der Waals surface area contributed by atoms with E-state index < -0.39 is 0 Å². The monoisotopic (exact) mass is 305 g/mol. The Morgan fingerprint density at radius 2 is 2.00 bits per heavy atom. The molecule has 1 aromatic carbocycles. The number of rotatable bonds is 4. The minimum Gasteiger partial charge on any atom is -0.376 e. The van der Waals surface area contributed by atoms with Gasteiger partial charge < -0.3 is 4.74 Å². The fourth-order valence-corrected chi connectivity index (χ4v) is 3.01. The van der Waals surface area contributed by atoms with Crippen molar-refractivity contribution < 1.29 is 4.74 Å². The summed E-state index contributed by atoms with van der Waals surface area (Å²) >= 11 is 0. The number of hydrogen-bond acceptors (Lipinski definition) is 3. The summed E-state index contributed by atoms with van der Waals surface area (Å²) in [5, 5.41) is 4.70. The molecular formula is C19H19N3O. The van der Waals surface area contributed by atoms with E-state index >= 15 is 0 Å². The second kappa shape index (κ2) is 6.34. The highest BCUT2D eigenvalue weighted by atomic mass is 16.5. The lowest BCUT2D eigenvalue weighted by atomic mass is 10.0. The van der Waals surface area contributed by atoms with Crippen molar-refractivity contribution in [1.29, 1.82) is 0 Å². The van der Waals surface area contributed by atoms with Crippen molar-refractivity contribution in [2.24, 2.45) is 0 Å². The SMILES string of the molecule is c1cncc(-c2cccc(-c3ccn(C[C@H]4CCCO4)n3)c2)c1. The third kappa shape index (κ3) is 3.17. The van der Waals surface area contributed by atoms with Gasteiger partial charge in [0.15, 0.2) is 0 Å². The van der Waals surface area contributed by atoms with Crippen molar-refractivity contribution in [1.82, 2.24) is 14.8 Å². The maximum Gasteiger partial charge on any atom is 0.0923 e. The van der Waals surface area contributed by atoms with Crippen LogP contribution in [0.15, 0.2) is 61.1 Å². The number of pyridine rings is 1. The average Bonchev–Trinajstić information content (AvgIpc) is 3.28. The summed E-state index contributed by atoms with van der Waals surface area (Å²) in [7, 11) is 0. The summed E-state index contributed by atoms with van der Waals surface area (Å²) in [6.45, 7) is 1.72. The van der Waals surface area contributed by atoms with Crippen molar-refractivity contribution >= 4 is 0 Å². The van der Waals surface area contributed by atoms with Crippen LogP contribution in [0.25, 0.3) is 22.4 Å². The number of aromatic nitrogens is 3. The van der Waals surface area contributed by atoms with Gasteiger partial charge >= 0.3 is 0 Å². The molecule has 0 radical (unpaired) electrons. The maximum absolute atomic E-state index is 5.68. The van der Waals surface area contributed by atoms with Gasteiger partial charge in [0.1, 0.15) is 0 Å². The van der Waals surface area contributed by atoms with Crippen LogP contribution in [0.1, 0.15) is 12.8 Å². The molecule has 1 aliphatic heterocycles. The Hall–Kier alpha value is -2.46. The largest absolute Gasteiger partial charge is 0.376 e. The third-order valence-electron chi connectivity index (χ3n) is 4.21. The predicted octanol–water partition coefficient (Wildman–Crippen LogP) is 3.79. The highest BCUT2D eigenvalue weighted by Crippen LogP contribution is 2.25. The average molecular weight is 305 g/mol. The summed E-state index contributed by atoms with van der Waals surface area (Å²) in [5.74, 6) is 0. The molecule has 1 aliphatic rings. The molecule has 4 nitrogen and oxygen atoms in total. The minimum absolute atomic E-state index is 0.310. The summed E-state index contributed by atoms with van der Waals surface area (Å²) < 4.78 is 7.67. The first-order valence-corrected chi connectivity index (χ1v) is 8.04. The minimum atomic E-state index is 0.310. The van der Waals surface area contributed by atoms with Gasteiger partial charge in [-0.2, -0.15) is 5.10 Å². The van der Waals surface area contributed by atoms with Crippen LogP contribution < -0.4 is 0 Å². The van der Waals surface area contributed by atoms with Crippen LogP contribution in [-0.2, 0) is 11.3 Å². The van der Waals surface area contributed by atoms with Crippen LogP contribution in [0.4, 0.5) is 0 Å². The maximum atomic E-state index is 5.68. The van der Waals surface area contributed by atoms with Gasteiger partial charge in [0.05, 0.1) is 18.3 Å². The smallest absolute Gasteiger partial charge is 0.0923 e. The molecule has 116 valence electrons. The highest BCUT2D eigenvalue weighted by Gasteiger charge is 2.16. The molecule has 1 fully saturated rings. The second-order valence-electron chi connectivity index (χ2n) is 5.88. The molecule has 1 atom stereocenters. The fourth-order valence-electron chi connectivity index (χ4n) is 3.01. The standard InChI is InChI=1S/C19H19N3O/c1-4-15(17-6-2-9-20-13-17)12-16(5-1)19-8-10-22(21-19)14-18-7-3-11-23-18/h1-2,4-6,8-10,12-13,18H,3,7,11,14H2/t18-/m1/s1. The van der Waals surface area contributed by atoms with E-state index in [2.05, 4.69) is 41.4 Å². The quantitative estimate of drug-likeness (QED) is 0.736. The van der Waals surface area contributed by atoms with E-state index in [1.165, 1.54) is 0 Å². The zero-order chi connectivity index (χ0) is 15.5. The Balaban J connectivity index is 1.57. The zero-order valence-corrected chi connectivity index (χ0v) is 12.9. The zero-order valence-electron chi connectivity index (χ0n) is 12.9. The van der Waals surface area contributed by atoms with Crippen molar-refractivity contribution in [3.8, 4) is 22.4 Å². The van der Waals surface area contributed by atoms with Gasteiger partial charge in [-0.3, -0.25) is 9.67 Å². The molecule has 1 saturated heterocycles. The highest BCUT2D eigenvalue weighted by molar-refractivity contribution is 5.70. The van der Waals surface area contributed by atoms with E-state index in [9.17, 15) is 0 Å². The van der Waals surface area contributed by atoms with E-state index in [-0.39, 0.29) is 0 Å². The van der Waals surface area contributed by atoms with Crippen LogP contribution in [0, 0.1) is 0 Å². The number of nitrogens with zero attached hydrogens (tertiary/aromatic N) is 3. The Labute approximate surface area is 135 Å². The van der Waals surface area contributed by atoms with Gasteiger partial charge in [-0.05, 0) is 36.6 Å². The lowest BCUT2D eigenvalue weighted by Crippen LogP contribution is -2.15. The molecule has 3 heterocycles. The normalized spacial score (nSPS) is 17.5. The van der Waals surface area contributed by atoms with E-state index in [0.717, 1.165) is 48.4 Å². The molecule has 4 rings (SSSR count). The van der Waals surface area contributed by atoms with E-state index in [1.54, 1.807) is 6.20 Å². The Morgan fingerprint density at radius 3 is 2.83 bits per heavy atom. The Kier molecular flexibility index (Phi) is 3.90. The first kappa shape index (κ1) is 14.2. The first-order valence-electron chi connectivity index (χ1n) is 8.04. The van der Waals surface area contributed by atoms with Crippen molar-refractivity contribution in [3.05, 3.63) is 61.1 Å². The van der Waals surface area contributed by atoms with Gasteiger partial charge in [-0.15, -0.1) is 0 Å². The summed E-state index contributed by atoms with van der Waals surface area (Å²) in [5.41, 5.74) is 4.39. The lowest BCUT2D eigenvalue weighted by Gasteiger charge is -2.08. The van der Waals surface area contributed by atoms with Crippen LogP contribution >= 0.6 is 0 Å². The van der Waals surface area contributed by atoms with Crippen LogP contribution in [0.2, 0.25) is 0 Å². The molecule has 0 aliphatic carbocycles. The fraction of sp³-hybridized carbons (Fsp3) is 0.263. The molecular weight excluding hydrogens is 286 g/mol. The van der Waals surface area contributed by atoms with E-state index in [4.69, 9.17) is 9.84 Å². The third-order valence-corrected chi connectivity index (χ3v) is 4.21. The summed E-state index contributed by atoms with van der Waals surface area (Å²) in [6, 6.07) is 14.5. The van der Waals surface area contributed by atoms with Gasteiger partial charge in [-0.25, -0.2) is 0 Å². The molecule has 0 bridgehead atoms. The molecule has 2 aromatic heterocycles. The van der Waals surface area contributed by atoms with Crippen LogP contribution in [0.5, 0.6) is 0 Å². The van der Waals surface area contributed by atoms with Gasteiger partial charge in [0.25, 0.3) is 0 Å². The number of ether oxygens (including phenoxy) is 1. The van der Waals surface area contributed by atoms with Gasteiger partial charge in [0.2, 0.25) is 0 Å². The number of hydrogen-bond donors (Lipinski definition) is 0. The Morgan fingerprint density at radius 1 is 1.09 bits per heavy atom. The Bertz CT molecular complexity index is 776. The molecule has 23 heavy (non-hydrogen) atoms. The van der Waals surface area contributed by atoms with Gasteiger partial charge in [0, 0.05) is 36.3 Å². The predicted molar refractivity (Wildman–Crippen MR) is 89.9 cm³/mol. The summed E-state index contributed by atoms with van der Waals surface area (Å²) in [4.78, 5) is 4.19. The first-order chi connectivity index (χ1) is 11.4. The topological polar surface area (TPSA) is 39.9 Å². The number of benzene rings is 1. The van der Waals surface area contributed by atoms with E-state index in [0.29, 0.717) is 6.10 Å². The molecule has 3 aromatic rings. The molecule has 4 heteroatoms. The van der Waals surface area contributed by atoms with Crippen molar-refractivity contribution in [3.63, 3.8) is 0 Å². The second-order valence-corrected chi connectivity index (χ2v) is 5.88. The van der Waals surface area contributed by atoms with Crippen molar-refractivity contribution in [2.45, 2.75) is 25.5 Å². The van der Waals surface area contributed by atoms with E-state index in [1.807, 2.05) is 23.1 Å². The molecule has 0 spiro atoms. The molecule has 0 amide bonds. The van der Waals surface area contributed by atoms with Crippen molar-refractivity contribution in [2.75, 3.05) is 6.61 Å². The molecule has 0 unspecified atom stereocenters. The molecule has 0 saturated carbocycles.